The zero-order chi connectivity index (χ0) is 22.0. The molecule has 31 heavy (non-hydrogen) atoms. The average molecular weight is 422 g/mol. The van der Waals surface area contributed by atoms with E-state index >= 15 is 0 Å². The van der Waals surface area contributed by atoms with Gasteiger partial charge in [0.25, 0.3) is 5.56 Å². The number of anilines is 1. The maximum Gasteiger partial charge on any atom is 0.262 e. The summed E-state index contributed by atoms with van der Waals surface area (Å²) in [6.07, 6.45) is 3.83. The van der Waals surface area contributed by atoms with Crippen LogP contribution in [0.15, 0.2) is 41.2 Å². The molecule has 0 radical (unpaired) electrons. The number of hydrogen-bond donors (Lipinski definition) is 1. The molecule has 1 aromatic heterocycles. The molecule has 164 valence electrons. The minimum absolute atomic E-state index is 0.226. The minimum Gasteiger partial charge on any atom is -0.497 e. The molecule has 1 fully saturated rings. The number of rotatable bonds is 6. The molecule has 2 heterocycles. The predicted octanol–water partition coefficient (Wildman–Crippen LogP) is 4.87. The summed E-state index contributed by atoms with van der Waals surface area (Å²) >= 11 is 0. The van der Waals surface area contributed by atoms with Crippen molar-refractivity contribution in [2.24, 2.45) is 11.8 Å². The van der Waals surface area contributed by atoms with Gasteiger partial charge in [-0.2, -0.15) is 0 Å². The van der Waals surface area contributed by atoms with E-state index in [1.165, 1.54) is 32.1 Å². The first-order chi connectivity index (χ1) is 15.0. The highest BCUT2D eigenvalue weighted by Crippen LogP contribution is 2.30. The van der Waals surface area contributed by atoms with Crippen molar-refractivity contribution < 1.29 is 9.47 Å². The zero-order valence-electron chi connectivity index (χ0n) is 18.8. The van der Waals surface area contributed by atoms with E-state index in [2.05, 4.69) is 40.8 Å². The maximum atomic E-state index is 12.7. The number of fused-ring (bicyclic) bond motifs is 1. The predicted molar refractivity (Wildman–Crippen MR) is 125 cm³/mol. The fraction of sp³-hybridized carbons (Fsp3) is 0.440. The largest absolute Gasteiger partial charge is 0.497 e. The number of piperidine rings is 1. The lowest BCUT2D eigenvalue weighted by Gasteiger charge is -2.34. The summed E-state index contributed by atoms with van der Waals surface area (Å²) in [6.45, 7) is 6.81. The van der Waals surface area contributed by atoms with E-state index < -0.39 is 0 Å². The average Bonchev–Trinajstić information content (AvgIpc) is 2.78. The quantitative estimate of drug-likeness (QED) is 0.615. The minimum atomic E-state index is -0.226. The third-order valence-electron chi connectivity index (χ3n) is 6.13. The third kappa shape index (κ3) is 4.53. The molecule has 0 saturated carbocycles. The lowest BCUT2D eigenvalue weighted by molar-refractivity contribution is 0.338. The lowest BCUT2D eigenvalue weighted by atomic mass is 9.88. The van der Waals surface area contributed by atoms with Gasteiger partial charge in [-0.15, -0.1) is 0 Å². The number of hydrogen-bond acceptors (Lipinski definition) is 5. The number of nitrogens with zero attached hydrogens (tertiary/aromatic N) is 2. The number of methoxy groups -OCH3 is 2. The third-order valence-corrected chi connectivity index (χ3v) is 6.13. The number of nitrogens with one attached hydrogen (secondary N) is 1. The van der Waals surface area contributed by atoms with Crippen LogP contribution in [-0.4, -0.2) is 37.3 Å². The Labute approximate surface area is 183 Å². The fourth-order valence-corrected chi connectivity index (χ4v) is 4.55. The van der Waals surface area contributed by atoms with E-state index in [9.17, 15) is 4.79 Å². The van der Waals surface area contributed by atoms with E-state index in [-0.39, 0.29) is 5.56 Å². The van der Waals surface area contributed by atoms with Crippen molar-refractivity contribution in [2.45, 2.75) is 33.1 Å². The summed E-state index contributed by atoms with van der Waals surface area (Å²) in [5.74, 6) is 3.20. The van der Waals surface area contributed by atoms with Crippen molar-refractivity contribution >= 4 is 16.6 Å². The molecular formula is C25H31N3O3. The molecule has 0 aliphatic carbocycles. The Balaban J connectivity index is 1.57. The van der Waals surface area contributed by atoms with Gasteiger partial charge in [0.05, 0.1) is 19.7 Å². The lowest BCUT2D eigenvalue weighted by Crippen LogP contribution is -2.33. The molecule has 1 N–H and O–H groups in total. The molecule has 1 saturated heterocycles. The van der Waals surface area contributed by atoms with Crippen LogP contribution in [0.25, 0.3) is 22.3 Å². The number of ether oxygens (including phenoxy) is 2. The Morgan fingerprint density at radius 2 is 1.81 bits per heavy atom. The first kappa shape index (κ1) is 21.2. The summed E-state index contributed by atoms with van der Waals surface area (Å²) in [5, 5.41) is 0.424. The van der Waals surface area contributed by atoms with E-state index in [1.54, 1.807) is 19.2 Å². The molecular weight excluding hydrogens is 390 g/mol. The second-order valence-electron chi connectivity index (χ2n) is 8.75. The molecule has 1 aliphatic heterocycles. The monoisotopic (exact) mass is 421 g/mol. The summed E-state index contributed by atoms with van der Waals surface area (Å²) in [5.41, 5.74) is 2.42. The maximum absolute atomic E-state index is 12.7. The second kappa shape index (κ2) is 9.00. The van der Waals surface area contributed by atoms with Gasteiger partial charge >= 0.3 is 0 Å². The van der Waals surface area contributed by atoms with Crippen molar-refractivity contribution in [3.63, 3.8) is 0 Å². The zero-order valence-corrected chi connectivity index (χ0v) is 18.8. The van der Waals surface area contributed by atoms with Gasteiger partial charge in [0.2, 0.25) is 0 Å². The Hall–Kier alpha value is -3.02. The summed E-state index contributed by atoms with van der Waals surface area (Å²) in [7, 11) is 3.12. The highest BCUT2D eigenvalue weighted by atomic mass is 16.5. The molecule has 0 unspecified atom stereocenters. The second-order valence-corrected chi connectivity index (χ2v) is 8.75. The standard InChI is InChI=1S/C25H31N3O3/c1-16(2)13-17-9-11-28(12-10-17)19-7-5-18(6-8-19)24-26-21-14-20(30-3)15-22(31-4)23(21)25(29)27-24/h5-8,14-17H,9-13H2,1-4H3,(H,26,27,29). The Bertz CT molecular complexity index is 1100. The summed E-state index contributed by atoms with van der Waals surface area (Å²) in [6, 6.07) is 11.7. The van der Waals surface area contributed by atoms with Crippen molar-refractivity contribution in [1.29, 1.82) is 0 Å². The van der Waals surface area contributed by atoms with Crippen LogP contribution in [-0.2, 0) is 0 Å². The number of aromatic amines is 1. The van der Waals surface area contributed by atoms with Crippen LogP contribution in [0.1, 0.15) is 33.1 Å². The summed E-state index contributed by atoms with van der Waals surface area (Å²) in [4.78, 5) is 22.8. The topological polar surface area (TPSA) is 67.5 Å². The highest BCUT2D eigenvalue weighted by molar-refractivity contribution is 5.87. The summed E-state index contributed by atoms with van der Waals surface area (Å²) < 4.78 is 10.7. The normalized spacial score (nSPS) is 14.9. The number of aromatic nitrogens is 2. The van der Waals surface area contributed by atoms with Crippen molar-refractivity contribution in [3.05, 3.63) is 46.8 Å². The van der Waals surface area contributed by atoms with E-state index in [0.717, 1.165) is 30.5 Å². The van der Waals surface area contributed by atoms with Crippen LogP contribution in [0.3, 0.4) is 0 Å². The van der Waals surface area contributed by atoms with Gasteiger partial charge < -0.3 is 19.4 Å². The van der Waals surface area contributed by atoms with Crippen LogP contribution >= 0.6 is 0 Å². The molecule has 6 nitrogen and oxygen atoms in total. The molecule has 1 aliphatic rings. The van der Waals surface area contributed by atoms with E-state index in [4.69, 9.17) is 9.47 Å². The molecule has 0 spiro atoms. The molecule has 6 heteroatoms. The number of benzene rings is 2. The van der Waals surface area contributed by atoms with Crippen LogP contribution in [0, 0.1) is 11.8 Å². The van der Waals surface area contributed by atoms with Crippen molar-refractivity contribution in [1.82, 2.24) is 9.97 Å². The Kier molecular flexibility index (Phi) is 6.16. The Morgan fingerprint density at radius 1 is 1.10 bits per heavy atom. The van der Waals surface area contributed by atoms with Crippen LogP contribution in [0.2, 0.25) is 0 Å². The van der Waals surface area contributed by atoms with Crippen molar-refractivity contribution in [3.8, 4) is 22.9 Å². The molecule has 0 atom stereocenters. The van der Waals surface area contributed by atoms with Gasteiger partial charge in [0.15, 0.2) is 0 Å². The van der Waals surface area contributed by atoms with Gasteiger partial charge in [-0.1, -0.05) is 13.8 Å². The van der Waals surface area contributed by atoms with Gasteiger partial charge in [0.1, 0.15) is 22.7 Å². The fourth-order valence-electron chi connectivity index (χ4n) is 4.55. The van der Waals surface area contributed by atoms with Gasteiger partial charge in [-0.05, 0) is 55.4 Å². The van der Waals surface area contributed by atoms with Gasteiger partial charge in [-0.25, -0.2) is 4.98 Å². The molecule has 0 bridgehead atoms. The van der Waals surface area contributed by atoms with Crippen LogP contribution < -0.4 is 19.9 Å². The Morgan fingerprint density at radius 3 is 2.42 bits per heavy atom. The van der Waals surface area contributed by atoms with Gasteiger partial charge in [0, 0.05) is 36.5 Å². The molecule has 3 aromatic rings. The molecule has 2 aromatic carbocycles. The van der Waals surface area contributed by atoms with E-state index in [0.29, 0.717) is 28.2 Å². The molecule has 0 amide bonds. The first-order valence-electron chi connectivity index (χ1n) is 11.0. The first-order valence-corrected chi connectivity index (χ1v) is 11.0. The molecule has 4 rings (SSSR count). The smallest absolute Gasteiger partial charge is 0.262 e. The van der Waals surface area contributed by atoms with E-state index in [1.807, 2.05) is 12.1 Å². The van der Waals surface area contributed by atoms with Crippen LogP contribution in [0.4, 0.5) is 5.69 Å². The SMILES string of the molecule is COc1cc(OC)c2c(=O)[nH]c(-c3ccc(N4CCC(CC(C)C)CC4)cc3)nc2c1. The highest BCUT2D eigenvalue weighted by Gasteiger charge is 2.20. The van der Waals surface area contributed by atoms with Crippen LogP contribution in [0.5, 0.6) is 11.5 Å². The number of H-pyrrole nitrogens is 1. The van der Waals surface area contributed by atoms with Gasteiger partial charge in [-0.3, -0.25) is 4.79 Å². The van der Waals surface area contributed by atoms with Crippen molar-refractivity contribution in [2.75, 3.05) is 32.2 Å².